The van der Waals surface area contributed by atoms with Gasteiger partial charge in [-0.05, 0) is 12.1 Å². The molecule has 0 aromatic heterocycles. The van der Waals surface area contributed by atoms with Gasteiger partial charge in [-0.25, -0.2) is 4.39 Å². The first kappa shape index (κ1) is 15.9. The fourth-order valence-electron chi connectivity index (χ4n) is 2.22. The van der Waals surface area contributed by atoms with Crippen molar-refractivity contribution in [3.63, 3.8) is 0 Å². The van der Waals surface area contributed by atoms with E-state index in [2.05, 4.69) is 5.32 Å². The van der Waals surface area contributed by atoms with Gasteiger partial charge in [0.2, 0.25) is 5.91 Å². The molecule has 1 aliphatic rings. The molecule has 120 valence electrons. The van der Waals surface area contributed by atoms with Crippen molar-refractivity contribution >= 4 is 34.8 Å². The van der Waals surface area contributed by atoms with E-state index in [9.17, 15) is 9.18 Å². The summed E-state index contributed by atoms with van der Waals surface area (Å²) in [6.45, 7) is 0.869. The zero-order valence-corrected chi connectivity index (χ0v) is 13.4. The fraction of sp³-hybridized carbons (Fsp3) is 0.188. The largest absolute Gasteiger partial charge is 0.486 e. The lowest BCUT2D eigenvalue weighted by Crippen LogP contribution is -2.18. The highest BCUT2D eigenvalue weighted by Gasteiger charge is 2.17. The minimum absolute atomic E-state index is 0.139. The standard InChI is InChI=1S/C16H12Cl2FNO3/c17-10-2-1-3-12(19)9(10)6-16(21)20-13-8-15-14(7-11(13)18)22-4-5-23-15/h1-3,7-8H,4-6H2,(H,20,21). The van der Waals surface area contributed by atoms with Crippen LogP contribution in [0.15, 0.2) is 30.3 Å². The SMILES string of the molecule is O=C(Cc1c(F)cccc1Cl)Nc1cc2c(cc1Cl)OCCO2. The molecule has 1 N–H and O–H groups in total. The molecule has 1 amide bonds. The Morgan fingerprint density at radius 3 is 2.52 bits per heavy atom. The van der Waals surface area contributed by atoms with E-state index in [-0.39, 0.29) is 17.0 Å². The highest BCUT2D eigenvalue weighted by Crippen LogP contribution is 2.38. The Bertz CT molecular complexity index is 747. The van der Waals surface area contributed by atoms with Crippen LogP contribution in [-0.4, -0.2) is 19.1 Å². The Hall–Kier alpha value is -1.98. The second-order valence-electron chi connectivity index (χ2n) is 4.90. The first-order valence-corrected chi connectivity index (χ1v) is 7.62. The highest BCUT2D eigenvalue weighted by atomic mass is 35.5. The van der Waals surface area contributed by atoms with Gasteiger partial charge < -0.3 is 14.8 Å². The molecule has 0 radical (unpaired) electrons. The van der Waals surface area contributed by atoms with Crippen molar-refractivity contribution in [1.29, 1.82) is 0 Å². The number of fused-ring (bicyclic) bond motifs is 1. The maximum atomic E-state index is 13.7. The molecule has 0 saturated heterocycles. The summed E-state index contributed by atoms with van der Waals surface area (Å²) in [5, 5.41) is 3.14. The van der Waals surface area contributed by atoms with Crippen LogP contribution in [0, 0.1) is 5.82 Å². The first-order valence-electron chi connectivity index (χ1n) is 6.86. The number of benzene rings is 2. The quantitative estimate of drug-likeness (QED) is 0.901. The lowest BCUT2D eigenvalue weighted by molar-refractivity contribution is -0.115. The Labute approximate surface area is 142 Å². The molecular weight excluding hydrogens is 344 g/mol. The molecule has 2 aromatic rings. The van der Waals surface area contributed by atoms with Crippen LogP contribution in [0.5, 0.6) is 11.5 Å². The third-order valence-corrected chi connectivity index (χ3v) is 3.97. The Balaban J connectivity index is 1.78. The van der Waals surface area contributed by atoms with E-state index in [1.54, 1.807) is 12.1 Å². The monoisotopic (exact) mass is 355 g/mol. The van der Waals surface area contributed by atoms with Gasteiger partial charge in [0, 0.05) is 22.7 Å². The van der Waals surface area contributed by atoms with Gasteiger partial charge in [0.1, 0.15) is 19.0 Å². The maximum absolute atomic E-state index is 13.7. The first-order chi connectivity index (χ1) is 11.0. The highest BCUT2D eigenvalue weighted by molar-refractivity contribution is 6.34. The maximum Gasteiger partial charge on any atom is 0.229 e. The second-order valence-corrected chi connectivity index (χ2v) is 5.72. The van der Waals surface area contributed by atoms with Crippen molar-refractivity contribution in [2.45, 2.75) is 6.42 Å². The summed E-state index contributed by atoms with van der Waals surface area (Å²) in [5.41, 5.74) is 0.508. The molecule has 1 heterocycles. The summed E-state index contributed by atoms with van der Waals surface area (Å²) in [4.78, 5) is 12.1. The van der Waals surface area contributed by atoms with Crippen molar-refractivity contribution in [1.82, 2.24) is 0 Å². The lowest BCUT2D eigenvalue weighted by Gasteiger charge is -2.20. The number of hydrogen-bond acceptors (Lipinski definition) is 3. The van der Waals surface area contributed by atoms with Gasteiger partial charge in [0.25, 0.3) is 0 Å². The van der Waals surface area contributed by atoms with Crippen LogP contribution in [0.4, 0.5) is 10.1 Å². The van der Waals surface area contributed by atoms with Gasteiger partial charge in [-0.1, -0.05) is 29.3 Å². The van der Waals surface area contributed by atoms with E-state index in [0.29, 0.717) is 35.4 Å². The van der Waals surface area contributed by atoms with Crippen LogP contribution < -0.4 is 14.8 Å². The van der Waals surface area contributed by atoms with Crippen LogP contribution >= 0.6 is 23.2 Å². The lowest BCUT2D eigenvalue weighted by atomic mass is 10.1. The van der Waals surface area contributed by atoms with Gasteiger partial charge in [-0.2, -0.15) is 0 Å². The van der Waals surface area contributed by atoms with Gasteiger partial charge in [0.05, 0.1) is 17.1 Å². The number of amides is 1. The zero-order valence-electron chi connectivity index (χ0n) is 11.9. The van der Waals surface area contributed by atoms with Gasteiger partial charge in [-0.3, -0.25) is 4.79 Å². The smallest absolute Gasteiger partial charge is 0.229 e. The van der Waals surface area contributed by atoms with E-state index >= 15 is 0 Å². The predicted molar refractivity (Wildman–Crippen MR) is 86.2 cm³/mol. The summed E-state index contributed by atoms with van der Waals surface area (Å²) in [5.74, 6) is 0.0628. The number of anilines is 1. The molecule has 23 heavy (non-hydrogen) atoms. The zero-order chi connectivity index (χ0) is 16.4. The number of carbonyl (C=O) groups is 1. The second kappa shape index (κ2) is 6.64. The van der Waals surface area contributed by atoms with Gasteiger partial charge in [-0.15, -0.1) is 0 Å². The Morgan fingerprint density at radius 1 is 1.13 bits per heavy atom. The van der Waals surface area contributed by atoms with E-state index in [0.717, 1.165) is 0 Å². The third-order valence-electron chi connectivity index (χ3n) is 3.30. The summed E-state index contributed by atoms with van der Waals surface area (Å²) in [6, 6.07) is 7.42. The summed E-state index contributed by atoms with van der Waals surface area (Å²) in [6.07, 6.45) is -0.198. The number of hydrogen-bond donors (Lipinski definition) is 1. The topological polar surface area (TPSA) is 47.6 Å². The van der Waals surface area contributed by atoms with Crippen molar-refractivity contribution < 1.29 is 18.7 Å². The van der Waals surface area contributed by atoms with Crippen LogP contribution in [0.25, 0.3) is 0 Å². The molecule has 3 rings (SSSR count). The molecule has 7 heteroatoms. The predicted octanol–water partition coefficient (Wildman–Crippen LogP) is 4.08. The molecule has 0 bridgehead atoms. The van der Waals surface area contributed by atoms with Crippen LogP contribution in [0.1, 0.15) is 5.56 Å². The molecule has 0 saturated carbocycles. The van der Waals surface area contributed by atoms with E-state index in [1.165, 1.54) is 18.2 Å². The molecule has 2 aromatic carbocycles. The molecule has 1 aliphatic heterocycles. The molecular formula is C16H12Cl2FNO3. The summed E-state index contributed by atoms with van der Waals surface area (Å²) < 4.78 is 24.6. The Kier molecular flexibility index (Phi) is 4.59. The average molecular weight is 356 g/mol. The van der Waals surface area contributed by atoms with E-state index in [4.69, 9.17) is 32.7 Å². The molecule has 0 fully saturated rings. The molecule has 0 aliphatic carbocycles. The Morgan fingerprint density at radius 2 is 1.83 bits per heavy atom. The number of rotatable bonds is 3. The summed E-state index contributed by atoms with van der Waals surface area (Å²) >= 11 is 12.0. The number of carbonyl (C=O) groups excluding carboxylic acids is 1. The molecule has 4 nitrogen and oxygen atoms in total. The van der Waals surface area contributed by atoms with Gasteiger partial charge >= 0.3 is 0 Å². The average Bonchev–Trinajstić information content (AvgIpc) is 2.52. The normalized spacial score (nSPS) is 12.8. The van der Waals surface area contributed by atoms with Crippen molar-refractivity contribution in [3.8, 4) is 11.5 Å². The minimum Gasteiger partial charge on any atom is -0.486 e. The number of halogens is 3. The van der Waals surface area contributed by atoms with E-state index < -0.39 is 11.7 Å². The van der Waals surface area contributed by atoms with Crippen LogP contribution in [0.2, 0.25) is 10.0 Å². The fourth-order valence-corrected chi connectivity index (χ4v) is 2.65. The van der Waals surface area contributed by atoms with Gasteiger partial charge in [0.15, 0.2) is 11.5 Å². The summed E-state index contributed by atoms with van der Waals surface area (Å²) in [7, 11) is 0. The minimum atomic E-state index is -0.527. The van der Waals surface area contributed by atoms with Crippen molar-refractivity contribution in [2.24, 2.45) is 0 Å². The third kappa shape index (κ3) is 3.51. The van der Waals surface area contributed by atoms with E-state index in [1.807, 2.05) is 0 Å². The molecule has 0 unspecified atom stereocenters. The van der Waals surface area contributed by atoms with Crippen LogP contribution in [0.3, 0.4) is 0 Å². The molecule has 0 spiro atoms. The number of ether oxygens (including phenoxy) is 2. The van der Waals surface area contributed by atoms with Crippen molar-refractivity contribution in [2.75, 3.05) is 18.5 Å². The molecule has 0 atom stereocenters. The van der Waals surface area contributed by atoms with Crippen LogP contribution in [-0.2, 0) is 11.2 Å². The van der Waals surface area contributed by atoms with Crippen molar-refractivity contribution in [3.05, 3.63) is 51.8 Å². The number of nitrogens with one attached hydrogen (secondary N) is 1.